The number of nitrogens with zero attached hydrogens (tertiary/aromatic N) is 4. The Hall–Kier alpha value is -1.69. The van der Waals surface area contributed by atoms with Crippen LogP contribution in [0.3, 0.4) is 0 Å². The second kappa shape index (κ2) is 4.70. The molecule has 7 heteroatoms. The molecule has 1 aromatic carbocycles. The lowest BCUT2D eigenvalue weighted by Crippen LogP contribution is -1.98. The smallest absolute Gasteiger partial charge is 0.271 e. The zero-order valence-corrected chi connectivity index (χ0v) is 8.97. The van der Waals surface area contributed by atoms with Crippen LogP contribution >= 0.6 is 11.6 Å². The van der Waals surface area contributed by atoms with Gasteiger partial charge in [-0.1, -0.05) is 16.8 Å². The third-order valence-corrected chi connectivity index (χ3v) is 1.78. The van der Waals surface area contributed by atoms with Crippen molar-refractivity contribution in [2.75, 3.05) is 14.1 Å². The first-order valence-corrected chi connectivity index (χ1v) is 4.41. The zero-order chi connectivity index (χ0) is 11.4. The predicted molar refractivity (Wildman–Crippen MR) is 56.3 cm³/mol. The minimum absolute atomic E-state index is 0.0659. The van der Waals surface area contributed by atoms with E-state index < -0.39 is 4.92 Å². The monoisotopic (exact) mass is 228 g/mol. The van der Waals surface area contributed by atoms with Crippen molar-refractivity contribution in [3.05, 3.63) is 33.3 Å². The molecule has 1 rings (SSSR count). The highest BCUT2D eigenvalue weighted by atomic mass is 35.5. The van der Waals surface area contributed by atoms with E-state index in [1.165, 1.54) is 23.2 Å². The molecule has 0 saturated carbocycles. The number of nitro benzene ring substituents is 1. The highest BCUT2D eigenvalue weighted by molar-refractivity contribution is 6.33. The fourth-order valence-corrected chi connectivity index (χ4v) is 1.04. The molecule has 0 unspecified atom stereocenters. The Morgan fingerprint density at radius 2 is 2.13 bits per heavy atom. The highest BCUT2D eigenvalue weighted by Crippen LogP contribution is 2.29. The number of hydrogen-bond donors (Lipinski definition) is 0. The largest absolute Gasteiger partial charge is 0.285 e. The number of halogens is 1. The maximum absolute atomic E-state index is 10.4. The van der Waals surface area contributed by atoms with Crippen LogP contribution in [0.2, 0.25) is 5.02 Å². The van der Waals surface area contributed by atoms with Crippen LogP contribution < -0.4 is 0 Å². The maximum atomic E-state index is 10.4. The Morgan fingerprint density at radius 3 is 2.60 bits per heavy atom. The minimum Gasteiger partial charge on any atom is -0.285 e. The minimum atomic E-state index is -0.515. The van der Waals surface area contributed by atoms with Gasteiger partial charge in [-0.05, 0) is 6.07 Å². The molecule has 0 saturated heterocycles. The summed E-state index contributed by atoms with van der Waals surface area (Å²) in [6, 6.07) is 4.02. The topological polar surface area (TPSA) is 71.1 Å². The summed E-state index contributed by atoms with van der Waals surface area (Å²) in [5.41, 5.74) is 0.333. The van der Waals surface area contributed by atoms with Crippen LogP contribution in [0.1, 0.15) is 0 Å². The van der Waals surface area contributed by atoms with Gasteiger partial charge in [0, 0.05) is 26.2 Å². The highest BCUT2D eigenvalue weighted by Gasteiger charge is 2.08. The Balaban J connectivity index is 2.98. The number of non-ortho nitro benzene ring substituents is 1. The van der Waals surface area contributed by atoms with Gasteiger partial charge in [0.05, 0.1) is 9.95 Å². The summed E-state index contributed by atoms with van der Waals surface area (Å²) in [7, 11) is 3.42. The van der Waals surface area contributed by atoms with Gasteiger partial charge in [0.15, 0.2) is 0 Å². The molecule has 6 nitrogen and oxygen atoms in total. The van der Waals surface area contributed by atoms with Crippen LogP contribution in [0.5, 0.6) is 0 Å². The molecule has 0 heterocycles. The lowest BCUT2D eigenvalue weighted by molar-refractivity contribution is -0.384. The Bertz CT molecular complexity index is 406. The third-order valence-electron chi connectivity index (χ3n) is 1.47. The molecular formula is C8H9ClN4O2. The number of hydrogen-bond acceptors (Lipinski definition) is 4. The first-order valence-electron chi connectivity index (χ1n) is 4.03. The van der Waals surface area contributed by atoms with E-state index in [0.717, 1.165) is 0 Å². The van der Waals surface area contributed by atoms with Crippen LogP contribution in [-0.2, 0) is 0 Å². The molecule has 80 valence electrons. The van der Waals surface area contributed by atoms with Crippen LogP contribution in [-0.4, -0.2) is 24.0 Å². The predicted octanol–water partition coefficient (Wildman–Crippen LogP) is 2.81. The molecule has 0 radical (unpaired) electrons. The average Bonchev–Trinajstić information content (AvgIpc) is 2.15. The van der Waals surface area contributed by atoms with E-state index in [0.29, 0.717) is 5.69 Å². The van der Waals surface area contributed by atoms with Gasteiger partial charge in [-0.3, -0.25) is 15.1 Å². The summed E-state index contributed by atoms with van der Waals surface area (Å²) in [4.78, 5) is 9.90. The lowest BCUT2D eigenvalue weighted by Gasteiger charge is -2.01. The molecular weight excluding hydrogens is 220 g/mol. The van der Waals surface area contributed by atoms with Crippen molar-refractivity contribution < 1.29 is 4.92 Å². The van der Waals surface area contributed by atoms with Gasteiger partial charge in [0.25, 0.3) is 5.69 Å². The van der Waals surface area contributed by atoms with Crippen molar-refractivity contribution in [2.45, 2.75) is 0 Å². The fraction of sp³-hybridized carbons (Fsp3) is 0.250. The second-order valence-electron chi connectivity index (χ2n) is 2.93. The van der Waals surface area contributed by atoms with E-state index in [4.69, 9.17) is 11.6 Å². The van der Waals surface area contributed by atoms with Gasteiger partial charge in [-0.25, -0.2) is 0 Å². The zero-order valence-electron chi connectivity index (χ0n) is 8.22. The number of rotatable bonds is 3. The molecule has 0 amide bonds. The van der Waals surface area contributed by atoms with Crippen molar-refractivity contribution in [3.63, 3.8) is 0 Å². The molecule has 0 spiro atoms. The summed E-state index contributed by atoms with van der Waals surface area (Å²) in [6.07, 6.45) is 0. The number of nitro groups is 1. The van der Waals surface area contributed by atoms with Crippen LogP contribution in [0.15, 0.2) is 28.5 Å². The number of benzene rings is 1. The Morgan fingerprint density at radius 1 is 1.47 bits per heavy atom. The molecule has 0 N–H and O–H groups in total. The van der Waals surface area contributed by atoms with Gasteiger partial charge in [-0.2, -0.15) is 0 Å². The molecule has 0 aromatic heterocycles. The van der Waals surface area contributed by atoms with Gasteiger partial charge >= 0.3 is 0 Å². The first kappa shape index (κ1) is 11.4. The Labute approximate surface area is 91.3 Å². The molecule has 0 atom stereocenters. The molecule has 0 fully saturated rings. The van der Waals surface area contributed by atoms with E-state index in [1.54, 1.807) is 14.1 Å². The second-order valence-corrected chi connectivity index (χ2v) is 3.34. The summed E-state index contributed by atoms with van der Waals surface area (Å²) >= 11 is 5.78. The molecule has 15 heavy (non-hydrogen) atoms. The molecule has 0 aliphatic heterocycles. The summed E-state index contributed by atoms with van der Waals surface area (Å²) in [6.45, 7) is 0. The van der Waals surface area contributed by atoms with Gasteiger partial charge in [-0.15, -0.1) is 5.11 Å². The van der Waals surface area contributed by atoms with E-state index in [1.807, 2.05) is 0 Å². The standard InChI is InChI=1S/C8H9ClN4O2/c1-12(2)11-10-8-4-3-6(13(14)15)5-7(8)9/h3-5H,1-2H3. The van der Waals surface area contributed by atoms with Crippen molar-refractivity contribution >= 4 is 23.0 Å². The molecule has 0 aliphatic carbocycles. The van der Waals surface area contributed by atoms with E-state index in [2.05, 4.69) is 10.3 Å². The summed E-state index contributed by atoms with van der Waals surface area (Å²) in [5, 5.41) is 19.7. The summed E-state index contributed by atoms with van der Waals surface area (Å²) < 4.78 is 0. The van der Waals surface area contributed by atoms with E-state index in [9.17, 15) is 10.1 Å². The van der Waals surface area contributed by atoms with Crippen molar-refractivity contribution in [2.24, 2.45) is 10.3 Å². The van der Waals surface area contributed by atoms with Crippen LogP contribution in [0.25, 0.3) is 0 Å². The van der Waals surface area contributed by atoms with Crippen molar-refractivity contribution in [1.29, 1.82) is 0 Å². The SMILES string of the molecule is CN(C)N=Nc1ccc([N+](=O)[O-])cc1Cl. The van der Waals surface area contributed by atoms with Gasteiger partial charge < -0.3 is 0 Å². The molecule has 1 aromatic rings. The normalized spacial score (nSPS) is 10.6. The quantitative estimate of drug-likeness (QED) is 0.454. The van der Waals surface area contributed by atoms with Crippen molar-refractivity contribution in [3.8, 4) is 0 Å². The van der Waals surface area contributed by atoms with E-state index >= 15 is 0 Å². The fourth-order valence-electron chi connectivity index (χ4n) is 0.828. The summed E-state index contributed by atoms with van der Waals surface area (Å²) in [5.74, 6) is 0. The Kier molecular flexibility index (Phi) is 3.56. The van der Waals surface area contributed by atoms with Gasteiger partial charge in [0.2, 0.25) is 0 Å². The van der Waals surface area contributed by atoms with Crippen LogP contribution in [0, 0.1) is 10.1 Å². The van der Waals surface area contributed by atoms with E-state index in [-0.39, 0.29) is 10.7 Å². The first-order chi connectivity index (χ1) is 7.00. The van der Waals surface area contributed by atoms with Gasteiger partial charge in [0.1, 0.15) is 5.69 Å². The third kappa shape index (κ3) is 3.17. The van der Waals surface area contributed by atoms with Crippen LogP contribution in [0.4, 0.5) is 11.4 Å². The molecule has 0 bridgehead atoms. The molecule has 0 aliphatic rings. The lowest BCUT2D eigenvalue weighted by atomic mass is 10.3. The maximum Gasteiger partial charge on any atom is 0.271 e. The van der Waals surface area contributed by atoms with Crippen molar-refractivity contribution in [1.82, 2.24) is 5.01 Å². The average molecular weight is 229 g/mol.